The molecule has 22 heavy (non-hydrogen) atoms. The molecule has 8 heteroatoms. The quantitative estimate of drug-likeness (QED) is 0.640. The van der Waals surface area contributed by atoms with E-state index < -0.39 is 29.2 Å². The second kappa shape index (κ2) is 4.81. The number of rotatable bonds is 2. The summed E-state index contributed by atoms with van der Waals surface area (Å²) in [5.41, 5.74) is 1.54. The van der Waals surface area contributed by atoms with Crippen molar-refractivity contribution in [3.8, 4) is 0 Å². The Morgan fingerprint density at radius 2 is 2.18 bits per heavy atom. The molecule has 1 aromatic carbocycles. The van der Waals surface area contributed by atoms with Crippen LogP contribution in [0.25, 0.3) is 0 Å². The average molecular weight is 322 g/mol. The van der Waals surface area contributed by atoms with Crippen LogP contribution in [0.5, 0.6) is 0 Å². The number of hydrazone groups is 1. The van der Waals surface area contributed by atoms with Crippen LogP contribution in [-0.2, 0) is 19.1 Å². The summed E-state index contributed by atoms with van der Waals surface area (Å²) in [7, 11) is 1.19. The largest absolute Gasteiger partial charge is 0.464 e. The van der Waals surface area contributed by atoms with Crippen LogP contribution in [-0.4, -0.2) is 36.1 Å². The van der Waals surface area contributed by atoms with Gasteiger partial charge >= 0.3 is 5.97 Å². The highest BCUT2D eigenvalue weighted by molar-refractivity contribution is 6.47. The molecule has 2 aliphatic heterocycles. The van der Waals surface area contributed by atoms with Crippen molar-refractivity contribution in [2.75, 3.05) is 12.0 Å². The molecule has 2 atom stereocenters. The summed E-state index contributed by atoms with van der Waals surface area (Å²) in [6.07, 6.45) is 0. The van der Waals surface area contributed by atoms with Crippen molar-refractivity contribution >= 4 is 40.8 Å². The molecule has 1 aromatic rings. The summed E-state index contributed by atoms with van der Waals surface area (Å²) in [6.45, 7) is 1.53. The predicted molar refractivity (Wildman–Crippen MR) is 78.4 cm³/mol. The molecule has 1 N–H and O–H groups in total. The minimum atomic E-state index is -1.30. The predicted octanol–water partition coefficient (Wildman–Crippen LogP) is 0.720. The van der Waals surface area contributed by atoms with Gasteiger partial charge in [0.05, 0.1) is 12.8 Å². The number of halogens is 1. The Kier molecular flexibility index (Phi) is 3.17. The third-order valence-corrected chi connectivity index (χ3v) is 4.07. The number of nitrogens with one attached hydrogen (secondary N) is 1. The lowest BCUT2D eigenvalue weighted by Crippen LogP contribution is -2.48. The SMILES string of the molecule is COC(=O)C1=NN[C@]2(C)C(=O)N(c3cccc(Cl)c3)C(=O)[C@H]12. The van der Waals surface area contributed by atoms with Crippen LogP contribution in [0.4, 0.5) is 5.69 Å². The highest BCUT2D eigenvalue weighted by atomic mass is 35.5. The molecule has 0 radical (unpaired) electrons. The van der Waals surface area contributed by atoms with E-state index in [2.05, 4.69) is 15.3 Å². The first-order valence-corrected chi connectivity index (χ1v) is 6.85. The Hall–Kier alpha value is -2.41. The third-order valence-electron chi connectivity index (χ3n) is 3.84. The van der Waals surface area contributed by atoms with Gasteiger partial charge in [0.25, 0.3) is 5.91 Å². The Morgan fingerprint density at radius 3 is 2.82 bits per heavy atom. The third kappa shape index (κ3) is 1.82. The summed E-state index contributed by atoms with van der Waals surface area (Å²) < 4.78 is 4.62. The highest BCUT2D eigenvalue weighted by Gasteiger charge is 2.63. The standard InChI is InChI=1S/C14H12ClN3O4/c1-14-9(10(16-17-14)12(20)22-2)11(19)18(13(14)21)8-5-3-4-7(15)6-8/h3-6,9,17H,1-2H3/t9-,14-/m0/s1. The zero-order valence-electron chi connectivity index (χ0n) is 11.8. The van der Waals surface area contributed by atoms with Crippen LogP contribution in [0.1, 0.15) is 6.92 Å². The molecular weight excluding hydrogens is 310 g/mol. The van der Waals surface area contributed by atoms with Crippen LogP contribution in [0.15, 0.2) is 29.4 Å². The Morgan fingerprint density at radius 1 is 1.45 bits per heavy atom. The number of amides is 2. The minimum Gasteiger partial charge on any atom is -0.464 e. The van der Waals surface area contributed by atoms with Crippen molar-refractivity contribution in [1.82, 2.24) is 5.43 Å². The van der Waals surface area contributed by atoms with E-state index in [1.165, 1.54) is 20.1 Å². The maximum absolute atomic E-state index is 12.7. The van der Waals surface area contributed by atoms with E-state index in [9.17, 15) is 14.4 Å². The topological polar surface area (TPSA) is 88.1 Å². The normalized spacial score (nSPS) is 26.6. The number of hydrogen-bond donors (Lipinski definition) is 1. The minimum absolute atomic E-state index is 0.104. The molecule has 0 spiro atoms. The van der Waals surface area contributed by atoms with Crippen LogP contribution >= 0.6 is 11.6 Å². The van der Waals surface area contributed by atoms with Gasteiger partial charge in [0.2, 0.25) is 5.91 Å². The number of ether oxygens (including phenoxy) is 1. The summed E-state index contributed by atoms with van der Waals surface area (Å²) in [4.78, 5) is 38.1. The summed E-state index contributed by atoms with van der Waals surface area (Å²) in [6, 6.07) is 6.38. The molecule has 114 valence electrons. The van der Waals surface area contributed by atoms with Gasteiger partial charge in [-0.15, -0.1) is 0 Å². The van der Waals surface area contributed by atoms with E-state index in [0.717, 1.165) is 4.90 Å². The van der Waals surface area contributed by atoms with Gasteiger partial charge in [-0.1, -0.05) is 17.7 Å². The molecule has 0 aromatic heterocycles. The molecular formula is C14H12ClN3O4. The Balaban J connectivity index is 2.05. The second-order valence-corrected chi connectivity index (χ2v) is 5.63. The van der Waals surface area contributed by atoms with Crippen molar-refractivity contribution in [2.45, 2.75) is 12.5 Å². The number of esters is 1. The fourth-order valence-corrected chi connectivity index (χ4v) is 2.89. The zero-order valence-corrected chi connectivity index (χ0v) is 12.5. The van der Waals surface area contributed by atoms with E-state index in [1.807, 2.05) is 0 Å². The summed E-state index contributed by atoms with van der Waals surface area (Å²) in [5, 5.41) is 4.21. The molecule has 0 bridgehead atoms. The van der Waals surface area contributed by atoms with Crippen LogP contribution in [0.3, 0.4) is 0 Å². The van der Waals surface area contributed by atoms with Crippen molar-refractivity contribution in [3.63, 3.8) is 0 Å². The number of methoxy groups -OCH3 is 1. The highest BCUT2D eigenvalue weighted by Crippen LogP contribution is 2.38. The van der Waals surface area contributed by atoms with E-state index in [4.69, 9.17) is 11.6 Å². The molecule has 1 fully saturated rings. The fourth-order valence-electron chi connectivity index (χ4n) is 2.70. The van der Waals surface area contributed by atoms with Gasteiger partial charge in [-0.05, 0) is 25.1 Å². The van der Waals surface area contributed by atoms with Gasteiger partial charge in [-0.3, -0.25) is 15.0 Å². The molecule has 0 unspecified atom stereocenters. The van der Waals surface area contributed by atoms with Gasteiger partial charge in [-0.2, -0.15) is 5.10 Å². The zero-order chi connectivity index (χ0) is 16.1. The number of fused-ring (bicyclic) bond motifs is 1. The number of anilines is 1. The smallest absolute Gasteiger partial charge is 0.355 e. The van der Waals surface area contributed by atoms with Crippen molar-refractivity contribution < 1.29 is 19.1 Å². The van der Waals surface area contributed by atoms with E-state index in [1.54, 1.807) is 18.2 Å². The summed E-state index contributed by atoms with van der Waals surface area (Å²) in [5.74, 6) is -2.79. The first-order chi connectivity index (χ1) is 10.4. The summed E-state index contributed by atoms with van der Waals surface area (Å²) >= 11 is 5.91. The lowest BCUT2D eigenvalue weighted by molar-refractivity contribution is -0.133. The van der Waals surface area contributed by atoms with Crippen molar-refractivity contribution in [1.29, 1.82) is 0 Å². The lowest BCUT2D eigenvalue weighted by atomic mass is 9.86. The second-order valence-electron chi connectivity index (χ2n) is 5.19. The van der Waals surface area contributed by atoms with Crippen LogP contribution in [0.2, 0.25) is 5.02 Å². The Bertz CT molecular complexity index is 733. The lowest BCUT2D eigenvalue weighted by Gasteiger charge is -2.20. The van der Waals surface area contributed by atoms with Crippen molar-refractivity contribution in [2.24, 2.45) is 11.0 Å². The average Bonchev–Trinajstić information content (AvgIpc) is 2.93. The van der Waals surface area contributed by atoms with Gasteiger partial charge in [0.15, 0.2) is 5.71 Å². The fraction of sp³-hybridized carbons (Fsp3) is 0.286. The van der Waals surface area contributed by atoms with E-state index in [0.29, 0.717) is 10.7 Å². The monoisotopic (exact) mass is 321 g/mol. The maximum atomic E-state index is 12.7. The molecule has 2 aliphatic rings. The number of imide groups is 1. The molecule has 0 aliphatic carbocycles. The van der Waals surface area contributed by atoms with Crippen LogP contribution < -0.4 is 10.3 Å². The number of nitrogens with zero attached hydrogens (tertiary/aromatic N) is 2. The number of carbonyl (C=O) groups excluding carboxylic acids is 3. The van der Waals surface area contributed by atoms with Gasteiger partial charge in [0, 0.05) is 5.02 Å². The van der Waals surface area contributed by atoms with Gasteiger partial charge < -0.3 is 4.74 Å². The van der Waals surface area contributed by atoms with E-state index in [-0.39, 0.29) is 5.71 Å². The molecule has 2 heterocycles. The number of hydrogen-bond acceptors (Lipinski definition) is 6. The molecule has 3 rings (SSSR count). The van der Waals surface area contributed by atoms with Crippen molar-refractivity contribution in [3.05, 3.63) is 29.3 Å². The molecule has 0 saturated carbocycles. The first-order valence-electron chi connectivity index (χ1n) is 6.47. The molecule has 2 amide bonds. The van der Waals surface area contributed by atoms with Crippen LogP contribution in [0, 0.1) is 5.92 Å². The Labute approximate surface area is 130 Å². The molecule has 7 nitrogen and oxygen atoms in total. The maximum Gasteiger partial charge on any atom is 0.355 e. The number of benzene rings is 1. The van der Waals surface area contributed by atoms with E-state index >= 15 is 0 Å². The molecule has 1 saturated heterocycles. The van der Waals surface area contributed by atoms with Gasteiger partial charge in [0.1, 0.15) is 11.5 Å². The first kappa shape index (κ1) is 14.5. The van der Waals surface area contributed by atoms with Gasteiger partial charge in [-0.25, -0.2) is 9.69 Å². The number of carbonyl (C=O) groups is 3.